The molecule has 0 amide bonds. The molecule has 2 atom stereocenters. The van der Waals surface area contributed by atoms with Crippen LogP contribution in [0.1, 0.15) is 56.6 Å². The summed E-state index contributed by atoms with van der Waals surface area (Å²) in [6, 6.07) is 13.0. The molecule has 1 aliphatic heterocycles. The predicted molar refractivity (Wildman–Crippen MR) is 135 cm³/mol. The quantitative estimate of drug-likeness (QED) is 0.520. The van der Waals surface area contributed by atoms with Crippen LogP contribution >= 0.6 is 11.6 Å². The molecule has 0 saturated heterocycles. The van der Waals surface area contributed by atoms with E-state index in [2.05, 4.69) is 5.32 Å². The highest BCUT2D eigenvalue weighted by Crippen LogP contribution is 2.48. The standard InChI is InChI=1S/C28H30ClNO5/c1-15(2)35-28(32)25-16(3)30-22-12-18(17-6-8-19(29)9-7-17)13-23(31)27(22)26(25)21-11-10-20(33-4)14-24(21)34-5/h6-11,14-15,18,26,30H,12-13H2,1-5H3/t18-,26-/m1/s1. The van der Waals surface area contributed by atoms with Crippen LogP contribution in [0.5, 0.6) is 11.5 Å². The SMILES string of the molecule is COc1ccc([C@@H]2C(C(=O)OC(C)C)=C(C)NC3=C2C(=O)C[C@H](c2ccc(Cl)cc2)C3)c(OC)c1. The maximum absolute atomic E-state index is 13.7. The van der Waals surface area contributed by atoms with Crippen LogP contribution in [0.25, 0.3) is 0 Å². The van der Waals surface area contributed by atoms with Gasteiger partial charge in [-0.05, 0) is 56.9 Å². The maximum atomic E-state index is 13.7. The largest absolute Gasteiger partial charge is 0.497 e. The molecular weight excluding hydrogens is 466 g/mol. The molecule has 6 nitrogen and oxygen atoms in total. The number of halogens is 1. The molecule has 1 aliphatic carbocycles. The Hall–Kier alpha value is -3.25. The zero-order valence-electron chi connectivity index (χ0n) is 20.6. The fourth-order valence-electron chi connectivity index (χ4n) is 4.93. The van der Waals surface area contributed by atoms with E-state index in [0.29, 0.717) is 46.2 Å². The van der Waals surface area contributed by atoms with Gasteiger partial charge in [0.05, 0.1) is 31.8 Å². The first-order valence-corrected chi connectivity index (χ1v) is 12.0. The fraction of sp³-hybridized carbons (Fsp3) is 0.357. The highest BCUT2D eigenvalue weighted by molar-refractivity contribution is 6.30. The maximum Gasteiger partial charge on any atom is 0.337 e. The third-order valence-electron chi connectivity index (χ3n) is 6.48. The number of allylic oxidation sites excluding steroid dienone is 3. The lowest BCUT2D eigenvalue weighted by atomic mass is 9.71. The number of ketones is 1. The molecule has 0 saturated carbocycles. The van der Waals surface area contributed by atoms with E-state index in [9.17, 15) is 9.59 Å². The number of carbonyl (C=O) groups is 2. The monoisotopic (exact) mass is 495 g/mol. The third kappa shape index (κ3) is 4.94. The number of ether oxygens (including phenoxy) is 3. The van der Waals surface area contributed by atoms with Crippen molar-refractivity contribution in [2.45, 2.75) is 51.6 Å². The molecule has 0 radical (unpaired) electrons. The number of dihydropyridines is 1. The first-order valence-electron chi connectivity index (χ1n) is 11.7. The molecule has 35 heavy (non-hydrogen) atoms. The van der Waals surface area contributed by atoms with Crippen molar-refractivity contribution in [1.29, 1.82) is 0 Å². The summed E-state index contributed by atoms with van der Waals surface area (Å²) >= 11 is 6.07. The van der Waals surface area contributed by atoms with Crippen LogP contribution in [0.15, 0.2) is 65.0 Å². The molecule has 0 bridgehead atoms. The lowest BCUT2D eigenvalue weighted by Crippen LogP contribution is -2.36. The van der Waals surface area contributed by atoms with Gasteiger partial charge in [-0.25, -0.2) is 4.79 Å². The van der Waals surface area contributed by atoms with Crippen molar-refractivity contribution in [2.24, 2.45) is 0 Å². The fourth-order valence-corrected chi connectivity index (χ4v) is 5.05. The van der Waals surface area contributed by atoms with E-state index in [-0.39, 0.29) is 17.8 Å². The lowest BCUT2D eigenvalue weighted by molar-refractivity contribution is -0.143. The van der Waals surface area contributed by atoms with Crippen LogP contribution in [0.2, 0.25) is 5.02 Å². The van der Waals surface area contributed by atoms with Crippen LogP contribution < -0.4 is 14.8 Å². The van der Waals surface area contributed by atoms with E-state index in [1.54, 1.807) is 34.1 Å². The van der Waals surface area contributed by atoms with Crippen LogP contribution in [0, 0.1) is 0 Å². The number of nitrogens with one attached hydrogen (secondary N) is 1. The summed E-state index contributed by atoms with van der Waals surface area (Å²) in [6.45, 7) is 5.46. The van der Waals surface area contributed by atoms with Crippen LogP contribution in [0.4, 0.5) is 0 Å². The van der Waals surface area contributed by atoms with E-state index in [0.717, 1.165) is 16.8 Å². The first kappa shape index (κ1) is 24.9. The number of Topliss-reactive ketones (excluding diaryl/α,β-unsaturated/α-hetero) is 1. The number of carbonyl (C=O) groups excluding carboxylic acids is 2. The van der Waals surface area contributed by atoms with Crippen LogP contribution in [-0.4, -0.2) is 32.1 Å². The topological polar surface area (TPSA) is 73.9 Å². The van der Waals surface area contributed by atoms with E-state index in [1.807, 2.05) is 43.3 Å². The van der Waals surface area contributed by atoms with E-state index < -0.39 is 11.9 Å². The highest BCUT2D eigenvalue weighted by Gasteiger charge is 2.42. The molecule has 4 rings (SSSR count). The molecule has 2 aromatic rings. The van der Waals surface area contributed by atoms with Gasteiger partial charge in [-0.1, -0.05) is 29.8 Å². The van der Waals surface area contributed by atoms with E-state index in [4.69, 9.17) is 25.8 Å². The second kappa shape index (κ2) is 10.2. The van der Waals surface area contributed by atoms with Gasteiger partial charge in [0.1, 0.15) is 11.5 Å². The Morgan fingerprint density at radius 3 is 2.40 bits per heavy atom. The van der Waals surface area contributed by atoms with Gasteiger partial charge >= 0.3 is 5.97 Å². The van der Waals surface area contributed by atoms with Gasteiger partial charge < -0.3 is 19.5 Å². The van der Waals surface area contributed by atoms with Gasteiger partial charge in [0.25, 0.3) is 0 Å². The Morgan fingerprint density at radius 1 is 1.06 bits per heavy atom. The summed E-state index contributed by atoms with van der Waals surface area (Å²) in [5.74, 6) is 0.103. The van der Waals surface area contributed by atoms with Crippen LogP contribution in [-0.2, 0) is 14.3 Å². The number of hydrogen-bond donors (Lipinski definition) is 1. The molecule has 1 N–H and O–H groups in total. The Bertz CT molecular complexity index is 1210. The molecule has 184 valence electrons. The molecule has 1 heterocycles. The minimum Gasteiger partial charge on any atom is -0.497 e. The molecule has 0 spiro atoms. The summed E-state index contributed by atoms with van der Waals surface area (Å²) in [5, 5.41) is 4.03. The molecular formula is C28H30ClNO5. The average molecular weight is 496 g/mol. The Labute approximate surface area is 210 Å². The predicted octanol–water partition coefficient (Wildman–Crippen LogP) is 5.67. The first-order chi connectivity index (χ1) is 16.7. The van der Waals surface area contributed by atoms with Crippen molar-refractivity contribution in [2.75, 3.05) is 14.2 Å². The van der Waals surface area contributed by atoms with Gasteiger partial charge in [-0.2, -0.15) is 0 Å². The van der Waals surface area contributed by atoms with Crippen molar-refractivity contribution >= 4 is 23.4 Å². The number of methoxy groups -OCH3 is 2. The molecule has 0 fully saturated rings. The Morgan fingerprint density at radius 2 is 1.77 bits per heavy atom. The van der Waals surface area contributed by atoms with Gasteiger partial charge in [-0.15, -0.1) is 0 Å². The summed E-state index contributed by atoms with van der Waals surface area (Å²) in [6.07, 6.45) is 0.678. The minimum absolute atomic E-state index is 0.0103. The van der Waals surface area contributed by atoms with Gasteiger partial charge in [0.2, 0.25) is 0 Å². The number of hydrogen-bond acceptors (Lipinski definition) is 6. The van der Waals surface area contributed by atoms with E-state index in [1.165, 1.54) is 0 Å². The van der Waals surface area contributed by atoms with Crippen molar-refractivity contribution in [1.82, 2.24) is 5.32 Å². The molecule has 0 aromatic heterocycles. The summed E-state index contributed by atoms with van der Waals surface area (Å²) in [5.41, 5.74) is 4.26. The highest BCUT2D eigenvalue weighted by atomic mass is 35.5. The van der Waals surface area contributed by atoms with Gasteiger partial charge in [0, 0.05) is 40.0 Å². The van der Waals surface area contributed by atoms with Crippen molar-refractivity contribution in [3.05, 3.63) is 81.2 Å². The summed E-state index contributed by atoms with van der Waals surface area (Å²) in [7, 11) is 3.15. The van der Waals surface area contributed by atoms with Crippen molar-refractivity contribution in [3.8, 4) is 11.5 Å². The van der Waals surface area contributed by atoms with Crippen LogP contribution in [0.3, 0.4) is 0 Å². The molecule has 0 unspecified atom stereocenters. The summed E-state index contributed by atoms with van der Waals surface area (Å²) in [4.78, 5) is 27.0. The number of esters is 1. The minimum atomic E-state index is -0.614. The van der Waals surface area contributed by atoms with Crippen molar-refractivity contribution < 1.29 is 23.8 Å². The zero-order chi connectivity index (χ0) is 25.3. The van der Waals surface area contributed by atoms with Crippen molar-refractivity contribution in [3.63, 3.8) is 0 Å². The number of benzene rings is 2. The zero-order valence-corrected chi connectivity index (χ0v) is 21.4. The second-order valence-corrected chi connectivity index (χ2v) is 9.57. The van der Waals surface area contributed by atoms with Gasteiger partial charge in [0.15, 0.2) is 5.78 Å². The Balaban J connectivity index is 1.84. The smallest absolute Gasteiger partial charge is 0.337 e. The second-order valence-electron chi connectivity index (χ2n) is 9.13. The molecule has 7 heteroatoms. The van der Waals surface area contributed by atoms with E-state index >= 15 is 0 Å². The third-order valence-corrected chi connectivity index (χ3v) is 6.74. The Kier molecular flexibility index (Phi) is 7.22. The normalized spacial score (nSPS) is 19.9. The molecule has 2 aromatic carbocycles. The molecule has 2 aliphatic rings. The number of rotatable bonds is 6. The average Bonchev–Trinajstić information content (AvgIpc) is 2.82. The van der Waals surface area contributed by atoms with Gasteiger partial charge in [-0.3, -0.25) is 4.79 Å². The lowest BCUT2D eigenvalue weighted by Gasteiger charge is -2.37. The summed E-state index contributed by atoms with van der Waals surface area (Å²) < 4.78 is 16.6.